The highest BCUT2D eigenvalue weighted by atomic mass is 35.5. The van der Waals surface area contributed by atoms with Gasteiger partial charge in [0.15, 0.2) is 0 Å². The highest BCUT2D eigenvalue weighted by Gasteiger charge is 2.22. The second-order valence-electron chi connectivity index (χ2n) is 5.07. The minimum Gasteiger partial charge on any atom is -0.348 e. The Balaban J connectivity index is 0.00000264. The van der Waals surface area contributed by atoms with Crippen molar-refractivity contribution >= 4 is 41.5 Å². The number of aromatic nitrogens is 2. The van der Waals surface area contributed by atoms with E-state index < -0.39 is 6.04 Å². The summed E-state index contributed by atoms with van der Waals surface area (Å²) in [5.74, 6) is -0.154. The molecule has 0 saturated carbocycles. The van der Waals surface area contributed by atoms with Crippen molar-refractivity contribution in [3.05, 3.63) is 51.8 Å². The van der Waals surface area contributed by atoms with E-state index in [1.807, 2.05) is 14.0 Å². The molecule has 0 aliphatic rings. The number of carbonyl (C=O) groups excluding carboxylic acids is 1. The molecule has 8 heteroatoms. The van der Waals surface area contributed by atoms with E-state index in [0.717, 1.165) is 11.1 Å². The zero-order chi connectivity index (χ0) is 16.3. The minimum absolute atomic E-state index is 0. The Bertz CT molecular complexity index is 674. The van der Waals surface area contributed by atoms with Crippen molar-refractivity contribution in [3.63, 3.8) is 0 Å². The van der Waals surface area contributed by atoms with Crippen LogP contribution >= 0.6 is 35.6 Å². The molecular formula is C15H19Cl3N4O. The maximum absolute atomic E-state index is 12.5. The van der Waals surface area contributed by atoms with Gasteiger partial charge in [0.2, 0.25) is 5.91 Å². The first-order valence-corrected chi connectivity index (χ1v) is 7.59. The zero-order valence-electron chi connectivity index (χ0n) is 13.0. The Labute approximate surface area is 151 Å². The molecule has 5 nitrogen and oxygen atoms in total. The normalized spacial score (nSPS) is 13.1. The highest BCUT2D eigenvalue weighted by molar-refractivity contribution is 6.33. The number of rotatable bonds is 5. The van der Waals surface area contributed by atoms with Crippen LogP contribution in [-0.4, -0.2) is 22.7 Å². The van der Waals surface area contributed by atoms with Gasteiger partial charge in [0.05, 0.1) is 12.2 Å². The van der Waals surface area contributed by atoms with Gasteiger partial charge in [-0.2, -0.15) is 5.10 Å². The van der Waals surface area contributed by atoms with Crippen molar-refractivity contribution in [2.45, 2.75) is 19.0 Å². The number of benzene rings is 1. The molecule has 0 spiro atoms. The molecule has 126 valence electrons. The molecule has 0 bridgehead atoms. The quantitative estimate of drug-likeness (QED) is 0.840. The largest absolute Gasteiger partial charge is 0.348 e. The van der Waals surface area contributed by atoms with Gasteiger partial charge in [-0.15, -0.1) is 12.4 Å². The third-order valence-corrected chi connectivity index (χ3v) is 3.97. The van der Waals surface area contributed by atoms with E-state index in [1.165, 1.54) is 0 Å². The molecule has 0 fully saturated rings. The maximum atomic E-state index is 12.5. The molecule has 23 heavy (non-hydrogen) atoms. The number of nitrogens with zero attached hydrogens (tertiary/aromatic N) is 2. The first kappa shape index (κ1) is 19.8. The summed E-state index contributed by atoms with van der Waals surface area (Å²) in [6, 6.07) is 4.46. The molecule has 1 aromatic carbocycles. The van der Waals surface area contributed by atoms with Gasteiger partial charge < -0.3 is 10.6 Å². The summed E-state index contributed by atoms with van der Waals surface area (Å²) in [5.41, 5.74) is 1.58. The standard InChI is InChI=1S/C15H18Cl2N4O.ClH/c1-9(12-6-11(16)4-5-13(12)17)20-15(22)14(18-2)10-7-19-21(3)8-10;/h4-9,14,18H,1-3H3,(H,20,22);1H. The average Bonchev–Trinajstić information content (AvgIpc) is 2.88. The zero-order valence-corrected chi connectivity index (χ0v) is 15.3. The van der Waals surface area contributed by atoms with Crippen LogP contribution in [-0.2, 0) is 11.8 Å². The molecule has 2 rings (SSSR count). The van der Waals surface area contributed by atoms with Crippen LogP contribution in [0.2, 0.25) is 10.0 Å². The molecule has 2 N–H and O–H groups in total. The Morgan fingerprint density at radius 1 is 1.35 bits per heavy atom. The summed E-state index contributed by atoms with van der Waals surface area (Å²) in [6.45, 7) is 1.87. The van der Waals surface area contributed by atoms with Crippen LogP contribution in [0.15, 0.2) is 30.6 Å². The van der Waals surface area contributed by atoms with E-state index in [9.17, 15) is 4.79 Å². The van der Waals surface area contributed by atoms with Gasteiger partial charge in [0.25, 0.3) is 0 Å². The van der Waals surface area contributed by atoms with Crippen molar-refractivity contribution < 1.29 is 4.79 Å². The van der Waals surface area contributed by atoms with E-state index in [-0.39, 0.29) is 24.4 Å². The second kappa shape index (κ2) is 8.55. The van der Waals surface area contributed by atoms with Crippen LogP contribution in [0, 0.1) is 0 Å². The molecule has 2 unspecified atom stereocenters. The van der Waals surface area contributed by atoms with Gasteiger partial charge in [0.1, 0.15) is 6.04 Å². The van der Waals surface area contributed by atoms with Crippen molar-refractivity contribution in [1.82, 2.24) is 20.4 Å². The van der Waals surface area contributed by atoms with E-state index in [4.69, 9.17) is 23.2 Å². The number of likely N-dealkylation sites (N-methyl/N-ethyl adjacent to an activating group) is 1. The number of carbonyl (C=O) groups is 1. The number of amides is 1. The molecule has 0 aliphatic carbocycles. The number of hydrogen-bond acceptors (Lipinski definition) is 3. The van der Waals surface area contributed by atoms with Gasteiger partial charge in [-0.3, -0.25) is 9.48 Å². The Kier molecular flexibility index (Phi) is 7.35. The fourth-order valence-corrected chi connectivity index (χ4v) is 2.72. The summed E-state index contributed by atoms with van der Waals surface area (Å²) < 4.78 is 1.66. The van der Waals surface area contributed by atoms with Crippen LogP contribution in [0.4, 0.5) is 0 Å². The van der Waals surface area contributed by atoms with E-state index in [2.05, 4.69) is 15.7 Å². The van der Waals surface area contributed by atoms with E-state index in [1.54, 1.807) is 42.3 Å². The highest BCUT2D eigenvalue weighted by Crippen LogP contribution is 2.26. The van der Waals surface area contributed by atoms with E-state index >= 15 is 0 Å². The summed E-state index contributed by atoms with van der Waals surface area (Å²) in [6.07, 6.45) is 3.47. The Morgan fingerprint density at radius 2 is 2.04 bits per heavy atom. The molecule has 2 atom stereocenters. The first-order valence-electron chi connectivity index (χ1n) is 6.83. The SMILES string of the molecule is CNC(C(=O)NC(C)c1cc(Cl)ccc1Cl)c1cnn(C)c1.Cl. The fraction of sp³-hybridized carbons (Fsp3) is 0.333. The lowest BCUT2D eigenvalue weighted by Gasteiger charge is -2.20. The maximum Gasteiger partial charge on any atom is 0.242 e. The van der Waals surface area contributed by atoms with Crippen LogP contribution in [0.5, 0.6) is 0 Å². The third kappa shape index (κ3) is 4.85. The van der Waals surface area contributed by atoms with Gasteiger partial charge in [0, 0.05) is 28.9 Å². The molecule has 0 saturated heterocycles. The lowest BCUT2D eigenvalue weighted by molar-refractivity contribution is -0.123. The monoisotopic (exact) mass is 376 g/mol. The number of nitrogens with one attached hydrogen (secondary N) is 2. The average molecular weight is 378 g/mol. The number of hydrogen-bond donors (Lipinski definition) is 2. The topological polar surface area (TPSA) is 59.0 Å². The number of aryl methyl sites for hydroxylation is 1. The van der Waals surface area contributed by atoms with Crippen molar-refractivity contribution in [2.24, 2.45) is 7.05 Å². The van der Waals surface area contributed by atoms with Crippen LogP contribution in [0.1, 0.15) is 30.1 Å². The summed E-state index contributed by atoms with van der Waals surface area (Å²) in [7, 11) is 3.54. The van der Waals surface area contributed by atoms with Crippen molar-refractivity contribution in [3.8, 4) is 0 Å². The smallest absolute Gasteiger partial charge is 0.242 e. The van der Waals surface area contributed by atoms with Crippen LogP contribution in [0.25, 0.3) is 0 Å². The summed E-state index contributed by atoms with van der Waals surface area (Å²) >= 11 is 12.2. The third-order valence-electron chi connectivity index (χ3n) is 3.39. The predicted molar refractivity (Wildman–Crippen MR) is 95.3 cm³/mol. The minimum atomic E-state index is -0.478. The molecule has 1 aromatic heterocycles. The lowest BCUT2D eigenvalue weighted by atomic mass is 10.1. The van der Waals surface area contributed by atoms with Gasteiger partial charge in [-0.25, -0.2) is 0 Å². The van der Waals surface area contributed by atoms with Crippen LogP contribution < -0.4 is 10.6 Å². The Hall–Kier alpha value is -1.27. The second-order valence-corrected chi connectivity index (χ2v) is 5.91. The van der Waals surface area contributed by atoms with Gasteiger partial charge >= 0.3 is 0 Å². The van der Waals surface area contributed by atoms with E-state index in [0.29, 0.717) is 10.0 Å². The molecule has 0 radical (unpaired) electrons. The molecular weight excluding hydrogens is 359 g/mol. The number of halogens is 3. The van der Waals surface area contributed by atoms with Crippen molar-refractivity contribution in [1.29, 1.82) is 0 Å². The van der Waals surface area contributed by atoms with Gasteiger partial charge in [-0.05, 0) is 37.7 Å². The first-order chi connectivity index (χ1) is 10.4. The van der Waals surface area contributed by atoms with Gasteiger partial charge in [-0.1, -0.05) is 23.2 Å². The summed E-state index contributed by atoms with van der Waals surface area (Å²) in [4.78, 5) is 12.5. The Morgan fingerprint density at radius 3 is 2.61 bits per heavy atom. The molecule has 2 aromatic rings. The summed E-state index contributed by atoms with van der Waals surface area (Å²) in [5, 5.41) is 11.2. The fourth-order valence-electron chi connectivity index (χ4n) is 2.26. The van der Waals surface area contributed by atoms with Crippen LogP contribution in [0.3, 0.4) is 0 Å². The molecule has 1 heterocycles. The molecule has 1 amide bonds. The molecule has 0 aliphatic heterocycles. The lowest BCUT2D eigenvalue weighted by Crippen LogP contribution is -2.37. The van der Waals surface area contributed by atoms with Crippen molar-refractivity contribution in [2.75, 3.05) is 7.05 Å². The predicted octanol–water partition coefficient (Wildman–Crippen LogP) is 3.29.